The van der Waals surface area contributed by atoms with Gasteiger partial charge >= 0.3 is 0 Å². The molecule has 2 aromatic rings. The Hall–Kier alpha value is -1.92. The Morgan fingerprint density at radius 3 is 3.04 bits per heavy atom. The molecule has 25 heavy (non-hydrogen) atoms. The number of nitrogens with zero attached hydrogens (tertiary/aromatic N) is 3. The molecule has 0 unspecified atom stereocenters. The molecule has 134 valence electrons. The minimum Gasteiger partial charge on any atom is -0.366 e. The van der Waals surface area contributed by atoms with Crippen molar-refractivity contribution in [1.82, 2.24) is 19.8 Å². The molecule has 6 heteroatoms. The number of ether oxygens (including phenoxy) is 1. The first-order valence-electron chi connectivity index (χ1n) is 9.15. The third kappa shape index (κ3) is 3.41. The summed E-state index contributed by atoms with van der Waals surface area (Å²) in [5, 5.41) is 0. The van der Waals surface area contributed by atoms with Crippen LogP contribution < -0.4 is 0 Å². The largest absolute Gasteiger partial charge is 0.366 e. The standard InChI is InChI=1S/C19H26N4O2/c1-13-5-6-15-16(10-13)21-18(20-15)14-4-3-7-23(11-14)19(24)17-12-22(2)8-9-25-17/h5-6,10,14,17H,3-4,7-9,11-12H2,1-2H3,(H,20,21)/t14-,17+/m0/s1. The number of amides is 1. The van der Waals surface area contributed by atoms with Crippen molar-refractivity contribution in [2.45, 2.75) is 31.8 Å². The van der Waals surface area contributed by atoms with Crippen molar-refractivity contribution in [1.29, 1.82) is 0 Å². The number of aromatic nitrogens is 2. The molecule has 2 saturated heterocycles. The molecule has 1 aromatic heterocycles. The highest BCUT2D eigenvalue weighted by Gasteiger charge is 2.33. The van der Waals surface area contributed by atoms with Gasteiger partial charge in [-0.1, -0.05) is 6.07 Å². The number of piperidine rings is 1. The molecule has 2 fully saturated rings. The number of aryl methyl sites for hydroxylation is 1. The van der Waals surface area contributed by atoms with E-state index >= 15 is 0 Å². The summed E-state index contributed by atoms with van der Waals surface area (Å²) >= 11 is 0. The number of hydrogen-bond donors (Lipinski definition) is 1. The summed E-state index contributed by atoms with van der Waals surface area (Å²) in [6, 6.07) is 6.27. The average molecular weight is 342 g/mol. The quantitative estimate of drug-likeness (QED) is 0.906. The van der Waals surface area contributed by atoms with Gasteiger partial charge in [0.2, 0.25) is 0 Å². The lowest BCUT2D eigenvalue weighted by molar-refractivity contribution is -0.150. The van der Waals surface area contributed by atoms with Gasteiger partial charge in [-0.15, -0.1) is 0 Å². The van der Waals surface area contributed by atoms with Gasteiger partial charge in [-0.25, -0.2) is 4.98 Å². The SMILES string of the molecule is Cc1ccc2nc([C@H]3CCCN(C(=O)[C@H]4CN(C)CCO4)C3)[nH]c2c1. The normalized spacial score (nSPS) is 25.4. The number of morpholine rings is 1. The van der Waals surface area contributed by atoms with Gasteiger partial charge in [0.1, 0.15) is 11.9 Å². The molecule has 2 atom stereocenters. The molecule has 2 aliphatic heterocycles. The first-order valence-corrected chi connectivity index (χ1v) is 9.15. The van der Waals surface area contributed by atoms with Crippen molar-refractivity contribution in [2.24, 2.45) is 0 Å². The van der Waals surface area contributed by atoms with E-state index in [1.54, 1.807) is 0 Å². The topological polar surface area (TPSA) is 61.5 Å². The Bertz CT molecular complexity index is 772. The van der Waals surface area contributed by atoms with Crippen LogP contribution in [0.5, 0.6) is 0 Å². The van der Waals surface area contributed by atoms with Gasteiger partial charge < -0.3 is 19.5 Å². The van der Waals surface area contributed by atoms with E-state index < -0.39 is 0 Å². The summed E-state index contributed by atoms with van der Waals surface area (Å²) in [7, 11) is 2.04. The molecule has 3 heterocycles. The number of rotatable bonds is 2. The van der Waals surface area contributed by atoms with Crippen molar-refractivity contribution >= 4 is 16.9 Å². The van der Waals surface area contributed by atoms with Gasteiger partial charge in [-0.2, -0.15) is 0 Å². The summed E-state index contributed by atoms with van der Waals surface area (Å²) in [5.41, 5.74) is 3.30. The Morgan fingerprint density at radius 2 is 2.20 bits per heavy atom. The fraction of sp³-hybridized carbons (Fsp3) is 0.579. The molecule has 0 saturated carbocycles. The van der Waals surface area contributed by atoms with Crippen LogP contribution in [0.15, 0.2) is 18.2 Å². The lowest BCUT2D eigenvalue weighted by Crippen LogP contribution is -2.51. The van der Waals surface area contributed by atoms with Crippen LogP contribution in [0.1, 0.15) is 30.1 Å². The maximum absolute atomic E-state index is 12.8. The lowest BCUT2D eigenvalue weighted by atomic mass is 9.97. The fourth-order valence-electron chi connectivity index (χ4n) is 3.87. The molecule has 0 radical (unpaired) electrons. The van der Waals surface area contributed by atoms with Crippen LogP contribution in [0.25, 0.3) is 11.0 Å². The smallest absolute Gasteiger partial charge is 0.253 e. The van der Waals surface area contributed by atoms with Crippen molar-refractivity contribution in [3.63, 3.8) is 0 Å². The van der Waals surface area contributed by atoms with Crippen LogP contribution in [0.2, 0.25) is 0 Å². The molecule has 0 aliphatic carbocycles. The van der Waals surface area contributed by atoms with E-state index in [1.807, 2.05) is 11.9 Å². The second kappa shape index (κ2) is 6.77. The molecule has 2 aliphatic rings. The Balaban J connectivity index is 1.49. The van der Waals surface area contributed by atoms with Gasteiger partial charge in [-0.3, -0.25) is 4.79 Å². The van der Waals surface area contributed by atoms with Crippen LogP contribution in [0, 0.1) is 6.92 Å². The number of imidazole rings is 1. The molecule has 6 nitrogen and oxygen atoms in total. The van der Waals surface area contributed by atoms with E-state index in [0.717, 1.165) is 49.3 Å². The Morgan fingerprint density at radius 1 is 1.32 bits per heavy atom. The number of aromatic amines is 1. The van der Waals surface area contributed by atoms with Crippen LogP contribution in [0.4, 0.5) is 0 Å². The monoisotopic (exact) mass is 342 g/mol. The van der Waals surface area contributed by atoms with E-state index in [0.29, 0.717) is 13.2 Å². The zero-order valence-electron chi connectivity index (χ0n) is 15.0. The highest BCUT2D eigenvalue weighted by atomic mass is 16.5. The summed E-state index contributed by atoms with van der Waals surface area (Å²) in [4.78, 5) is 25.2. The van der Waals surface area contributed by atoms with Crippen molar-refractivity contribution < 1.29 is 9.53 Å². The van der Waals surface area contributed by atoms with Crippen LogP contribution >= 0.6 is 0 Å². The Labute approximate surface area is 148 Å². The van der Waals surface area contributed by atoms with E-state index in [4.69, 9.17) is 9.72 Å². The second-order valence-electron chi connectivity index (χ2n) is 7.39. The van der Waals surface area contributed by atoms with Gasteiger partial charge in [0.25, 0.3) is 5.91 Å². The molecule has 0 spiro atoms. The number of carbonyl (C=O) groups excluding carboxylic acids is 1. The Kier molecular flexibility index (Phi) is 4.48. The highest BCUT2D eigenvalue weighted by Crippen LogP contribution is 2.27. The molecule has 4 rings (SSSR count). The maximum atomic E-state index is 12.8. The van der Waals surface area contributed by atoms with Crippen molar-refractivity contribution in [3.05, 3.63) is 29.6 Å². The summed E-state index contributed by atoms with van der Waals surface area (Å²) in [5.74, 6) is 1.40. The average Bonchev–Trinajstić information content (AvgIpc) is 3.04. The van der Waals surface area contributed by atoms with Crippen LogP contribution in [0.3, 0.4) is 0 Å². The number of carbonyl (C=O) groups is 1. The first-order chi connectivity index (χ1) is 12.1. The third-order valence-electron chi connectivity index (χ3n) is 5.32. The van der Waals surface area contributed by atoms with E-state index in [9.17, 15) is 4.79 Å². The minimum atomic E-state index is -0.323. The number of likely N-dealkylation sites (N-methyl/N-ethyl adjacent to an activating group) is 1. The fourth-order valence-corrected chi connectivity index (χ4v) is 3.87. The summed E-state index contributed by atoms with van der Waals surface area (Å²) in [6.07, 6.45) is 1.75. The van der Waals surface area contributed by atoms with Gasteiger partial charge in [0.15, 0.2) is 0 Å². The minimum absolute atomic E-state index is 0.128. The van der Waals surface area contributed by atoms with Gasteiger partial charge in [0, 0.05) is 32.1 Å². The highest BCUT2D eigenvalue weighted by molar-refractivity contribution is 5.81. The second-order valence-corrected chi connectivity index (χ2v) is 7.39. The number of hydrogen-bond acceptors (Lipinski definition) is 4. The number of nitrogens with one attached hydrogen (secondary N) is 1. The first kappa shape index (κ1) is 16.5. The molecule has 1 amide bonds. The molecule has 0 bridgehead atoms. The predicted octanol–water partition coefficient (Wildman–Crippen LogP) is 1.91. The number of H-pyrrole nitrogens is 1. The van der Waals surface area contributed by atoms with E-state index in [-0.39, 0.29) is 17.9 Å². The van der Waals surface area contributed by atoms with E-state index in [2.05, 4.69) is 35.0 Å². The lowest BCUT2D eigenvalue weighted by Gasteiger charge is -2.36. The van der Waals surface area contributed by atoms with Crippen LogP contribution in [-0.2, 0) is 9.53 Å². The predicted molar refractivity (Wildman–Crippen MR) is 96.6 cm³/mol. The van der Waals surface area contributed by atoms with Gasteiger partial charge in [-0.05, 0) is 44.5 Å². The number of fused-ring (bicyclic) bond motifs is 1. The molecule has 1 N–H and O–H groups in total. The third-order valence-corrected chi connectivity index (χ3v) is 5.32. The summed E-state index contributed by atoms with van der Waals surface area (Å²) < 4.78 is 5.71. The maximum Gasteiger partial charge on any atom is 0.253 e. The van der Waals surface area contributed by atoms with Crippen molar-refractivity contribution in [2.75, 3.05) is 39.8 Å². The zero-order chi connectivity index (χ0) is 17.4. The number of likely N-dealkylation sites (tertiary alicyclic amines) is 1. The molecule has 1 aromatic carbocycles. The molecular formula is C19H26N4O2. The van der Waals surface area contributed by atoms with Crippen molar-refractivity contribution in [3.8, 4) is 0 Å². The summed E-state index contributed by atoms with van der Waals surface area (Å²) in [6.45, 7) is 5.84. The number of benzene rings is 1. The zero-order valence-corrected chi connectivity index (χ0v) is 15.0. The molecular weight excluding hydrogens is 316 g/mol. The van der Waals surface area contributed by atoms with E-state index in [1.165, 1.54) is 5.56 Å². The van der Waals surface area contributed by atoms with Gasteiger partial charge in [0.05, 0.1) is 17.6 Å². The van der Waals surface area contributed by atoms with Crippen LogP contribution in [-0.4, -0.2) is 71.6 Å².